The van der Waals surface area contributed by atoms with Gasteiger partial charge in [-0.3, -0.25) is 9.69 Å². The summed E-state index contributed by atoms with van der Waals surface area (Å²) in [4.78, 5) is 26.2. The van der Waals surface area contributed by atoms with Crippen molar-refractivity contribution in [3.8, 4) is 0 Å². The fourth-order valence-electron chi connectivity index (χ4n) is 3.66. The number of aliphatic hydroxyl groups is 1. The second kappa shape index (κ2) is 5.57. The number of β-amino-alcohol motifs (C(OH)–C–C–N with tert-alkyl or cyclic N) is 1. The quantitative estimate of drug-likeness (QED) is 0.615. The van der Waals surface area contributed by atoms with Gasteiger partial charge in [-0.2, -0.15) is 0 Å². The van der Waals surface area contributed by atoms with Crippen LogP contribution in [-0.4, -0.2) is 64.7 Å². The van der Waals surface area contributed by atoms with E-state index in [4.69, 9.17) is 11.5 Å². The summed E-state index contributed by atoms with van der Waals surface area (Å²) in [6.07, 6.45) is 3.78. The predicted molar refractivity (Wildman–Crippen MR) is 73.7 cm³/mol. The van der Waals surface area contributed by atoms with E-state index in [-0.39, 0.29) is 12.5 Å². The van der Waals surface area contributed by atoms with Crippen molar-refractivity contribution in [3.05, 3.63) is 0 Å². The van der Waals surface area contributed by atoms with E-state index in [2.05, 4.69) is 4.90 Å². The molecule has 2 aliphatic heterocycles. The maximum atomic E-state index is 11.9. The maximum Gasteiger partial charge on any atom is 0.314 e. The van der Waals surface area contributed by atoms with E-state index in [0.29, 0.717) is 12.6 Å². The molecule has 0 aromatic rings. The Morgan fingerprint density at radius 1 is 1.40 bits per heavy atom. The zero-order chi connectivity index (χ0) is 14.9. The molecule has 5 N–H and O–H groups in total. The Morgan fingerprint density at radius 3 is 2.70 bits per heavy atom. The molecule has 0 aromatic heterocycles. The van der Waals surface area contributed by atoms with Gasteiger partial charge < -0.3 is 21.5 Å². The number of carbonyl (C=O) groups excluding carboxylic acids is 2. The normalized spacial score (nSPS) is 31.0. The minimum atomic E-state index is -0.732. The zero-order valence-electron chi connectivity index (χ0n) is 11.9. The van der Waals surface area contributed by atoms with Gasteiger partial charge in [-0.25, -0.2) is 4.79 Å². The van der Waals surface area contributed by atoms with Gasteiger partial charge in [0.2, 0.25) is 5.91 Å². The maximum absolute atomic E-state index is 11.9. The molecule has 2 fully saturated rings. The Labute approximate surface area is 118 Å². The highest BCUT2D eigenvalue weighted by Gasteiger charge is 2.52. The van der Waals surface area contributed by atoms with Gasteiger partial charge in [0.15, 0.2) is 0 Å². The van der Waals surface area contributed by atoms with Crippen LogP contribution in [0.25, 0.3) is 0 Å². The smallest absolute Gasteiger partial charge is 0.314 e. The number of nitrogens with two attached hydrogens (primary N) is 2. The minimum absolute atomic E-state index is 0.160. The van der Waals surface area contributed by atoms with Gasteiger partial charge in [0.25, 0.3) is 0 Å². The van der Waals surface area contributed by atoms with Crippen molar-refractivity contribution in [1.29, 1.82) is 0 Å². The van der Waals surface area contributed by atoms with E-state index in [0.717, 1.165) is 32.1 Å². The molecule has 2 saturated heterocycles. The van der Waals surface area contributed by atoms with E-state index in [1.807, 2.05) is 0 Å². The molecule has 0 spiro atoms. The highest BCUT2D eigenvalue weighted by Crippen LogP contribution is 2.43. The van der Waals surface area contributed by atoms with Gasteiger partial charge in [0, 0.05) is 26.2 Å². The molecule has 0 unspecified atom stereocenters. The summed E-state index contributed by atoms with van der Waals surface area (Å²) in [6.45, 7) is 0.513. The molecule has 2 rings (SSSR count). The van der Waals surface area contributed by atoms with Gasteiger partial charge in [-0.05, 0) is 32.1 Å². The third-order valence-corrected chi connectivity index (χ3v) is 4.74. The number of piperidine rings is 1. The summed E-state index contributed by atoms with van der Waals surface area (Å²) < 4.78 is 0. The second-order valence-corrected chi connectivity index (χ2v) is 6.01. The molecule has 114 valence electrons. The number of primary amides is 2. The lowest BCUT2D eigenvalue weighted by atomic mass is 9.87. The largest absolute Gasteiger partial charge is 0.390 e. The molecule has 0 aromatic carbocycles. The van der Waals surface area contributed by atoms with Crippen molar-refractivity contribution >= 4 is 11.9 Å². The molecule has 7 nitrogen and oxygen atoms in total. The van der Waals surface area contributed by atoms with Crippen molar-refractivity contribution in [3.63, 3.8) is 0 Å². The molecule has 0 saturated carbocycles. The molecule has 0 radical (unpaired) electrons. The number of hydrogen-bond acceptors (Lipinski definition) is 4. The van der Waals surface area contributed by atoms with E-state index in [9.17, 15) is 14.7 Å². The minimum Gasteiger partial charge on any atom is -0.390 e. The van der Waals surface area contributed by atoms with E-state index in [1.165, 1.54) is 4.90 Å². The van der Waals surface area contributed by atoms with Crippen LogP contribution in [0.5, 0.6) is 0 Å². The monoisotopic (exact) mass is 284 g/mol. The fourth-order valence-corrected chi connectivity index (χ4v) is 3.66. The average Bonchev–Trinajstić information content (AvgIpc) is 2.59. The van der Waals surface area contributed by atoms with E-state index in [1.54, 1.807) is 7.05 Å². The van der Waals surface area contributed by atoms with Crippen molar-refractivity contribution in [2.45, 2.75) is 49.8 Å². The molecule has 2 bridgehead atoms. The lowest BCUT2D eigenvalue weighted by Gasteiger charge is -2.43. The topological polar surface area (TPSA) is 113 Å². The van der Waals surface area contributed by atoms with Crippen molar-refractivity contribution in [2.75, 3.05) is 20.1 Å². The lowest BCUT2D eigenvalue weighted by molar-refractivity contribution is -0.132. The molecule has 2 aliphatic rings. The van der Waals surface area contributed by atoms with Crippen LogP contribution < -0.4 is 11.5 Å². The number of nitrogens with zero attached hydrogens (tertiary/aromatic N) is 2. The average molecular weight is 284 g/mol. The van der Waals surface area contributed by atoms with Gasteiger partial charge in [-0.1, -0.05) is 0 Å². The van der Waals surface area contributed by atoms with E-state index >= 15 is 0 Å². The Morgan fingerprint density at radius 2 is 2.10 bits per heavy atom. The number of likely N-dealkylation sites (N-methyl/N-ethyl adjacent to an activating group) is 1. The molecule has 7 heteroatoms. The van der Waals surface area contributed by atoms with Crippen LogP contribution in [0.1, 0.15) is 32.1 Å². The second-order valence-electron chi connectivity index (χ2n) is 6.01. The molecular weight excluding hydrogens is 260 g/mol. The van der Waals surface area contributed by atoms with Crippen LogP contribution in [0.2, 0.25) is 0 Å². The first-order valence-corrected chi connectivity index (χ1v) is 7.12. The van der Waals surface area contributed by atoms with Crippen LogP contribution in [0, 0.1) is 0 Å². The molecule has 3 amide bonds. The van der Waals surface area contributed by atoms with Gasteiger partial charge >= 0.3 is 6.03 Å². The third kappa shape index (κ3) is 2.60. The Hall–Kier alpha value is -1.34. The van der Waals surface area contributed by atoms with Crippen LogP contribution >= 0.6 is 0 Å². The van der Waals surface area contributed by atoms with Crippen molar-refractivity contribution < 1.29 is 14.7 Å². The van der Waals surface area contributed by atoms with Crippen LogP contribution in [-0.2, 0) is 4.79 Å². The molecule has 20 heavy (non-hydrogen) atoms. The summed E-state index contributed by atoms with van der Waals surface area (Å²) in [7, 11) is 1.54. The summed E-state index contributed by atoms with van der Waals surface area (Å²) in [6, 6.07) is -0.264. The first-order valence-electron chi connectivity index (χ1n) is 7.12. The summed E-state index contributed by atoms with van der Waals surface area (Å²) in [5, 5.41) is 10.1. The Balaban J connectivity index is 2.04. The number of hydrogen-bond donors (Lipinski definition) is 3. The Bertz CT molecular complexity index is 399. The van der Waals surface area contributed by atoms with Crippen LogP contribution in [0.3, 0.4) is 0 Å². The number of aliphatic hydroxyl groups excluding tert-OH is 1. The molecule has 3 atom stereocenters. The first-order chi connectivity index (χ1) is 9.36. The number of fused-ring (bicyclic) bond motifs is 2. The van der Waals surface area contributed by atoms with Crippen LogP contribution in [0.15, 0.2) is 0 Å². The summed E-state index contributed by atoms with van der Waals surface area (Å²) in [5.74, 6) is -0.296. The molecule has 0 aliphatic carbocycles. The van der Waals surface area contributed by atoms with Crippen molar-refractivity contribution in [1.82, 2.24) is 9.80 Å². The summed E-state index contributed by atoms with van der Waals surface area (Å²) >= 11 is 0. The lowest BCUT2D eigenvalue weighted by Crippen LogP contribution is -2.60. The Kier molecular flexibility index (Phi) is 4.19. The highest BCUT2D eigenvalue weighted by atomic mass is 16.3. The van der Waals surface area contributed by atoms with Crippen LogP contribution in [0.4, 0.5) is 4.79 Å². The fraction of sp³-hybridized carbons (Fsp3) is 0.846. The van der Waals surface area contributed by atoms with Gasteiger partial charge in [0.1, 0.15) is 5.54 Å². The number of urea groups is 1. The summed E-state index contributed by atoms with van der Waals surface area (Å²) in [5.41, 5.74) is 10.2. The third-order valence-electron chi connectivity index (χ3n) is 4.74. The molecule has 2 heterocycles. The number of amides is 3. The molecular formula is C13H24N4O3. The SMILES string of the molecule is CN(C[C@H](O)CN1[C@@H]2CCC[C@@]1(C(N)=O)CC2)C(N)=O. The highest BCUT2D eigenvalue weighted by molar-refractivity contribution is 5.85. The zero-order valence-corrected chi connectivity index (χ0v) is 11.9. The van der Waals surface area contributed by atoms with Gasteiger partial charge in [0.05, 0.1) is 6.10 Å². The van der Waals surface area contributed by atoms with E-state index < -0.39 is 17.7 Å². The first kappa shape index (κ1) is 15.1. The number of rotatable bonds is 5. The predicted octanol–water partition coefficient (Wildman–Crippen LogP) is -0.770. The number of carbonyl (C=O) groups is 2. The van der Waals surface area contributed by atoms with Crippen molar-refractivity contribution in [2.24, 2.45) is 11.5 Å². The van der Waals surface area contributed by atoms with Gasteiger partial charge in [-0.15, -0.1) is 0 Å². The standard InChI is InChI=1S/C13H24N4O3/c1-16(12(15)20)7-10(18)8-17-9-3-2-5-13(17,6-4-9)11(14)19/h9-10,18H,2-8H2,1H3,(H2,14,19)(H2,15,20)/t9-,10+,13+/m1/s1.